The van der Waals surface area contributed by atoms with Gasteiger partial charge in [-0.3, -0.25) is 0 Å². The third kappa shape index (κ3) is 40.2. The Labute approximate surface area is 383 Å². The van der Waals surface area contributed by atoms with Gasteiger partial charge in [0, 0.05) is 114 Å². The number of aliphatic carboxylic acids is 2. The first-order valence-electron chi connectivity index (χ1n) is 19.3. The third-order valence-corrected chi connectivity index (χ3v) is 5.54. The van der Waals surface area contributed by atoms with Crippen LogP contribution in [0.2, 0.25) is 0 Å². The van der Waals surface area contributed by atoms with Gasteiger partial charge in [-0.2, -0.15) is 0 Å². The molecular formula is C42H88N4O10Ti2. The van der Waals surface area contributed by atoms with Crippen LogP contribution < -0.4 is 0 Å². The maximum Gasteiger partial charge on any atom is 0.354 e. The molecule has 2 unspecified atom stereocenters. The second-order valence-electron chi connectivity index (χ2n) is 19.0. The van der Waals surface area contributed by atoms with E-state index in [2.05, 4.69) is 20.0 Å². The Hall–Kier alpha value is -1.19. The number of hydrogen-bond acceptors (Lipinski definition) is 12. The Kier molecular flexibility index (Phi) is 42.8. The minimum Gasteiger partial charge on any atom is -0.478 e. The van der Waals surface area contributed by atoms with Crippen LogP contribution in [0.15, 0.2) is 20.0 Å². The second-order valence-corrected chi connectivity index (χ2v) is 19.0. The molecule has 2 atom stereocenters. The molecule has 0 amide bonds. The first-order valence-corrected chi connectivity index (χ1v) is 19.3. The van der Waals surface area contributed by atoms with Crippen LogP contribution in [0.3, 0.4) is 0 Å². The van der Waals surface area contributed by atoms with Gasteiger partial charge in [0.05, 0.1) is 11.4 Å². The van der Waals surface area contributed by atoms with Crippen LogP contribution in [-0.4, -0.2) is 125 Å². The Balaban J connectivity index is -0.0000000913. The van der Waals surface area contributed by atoms with E-state index < -0.39 is 34.1 Å². The fourth-order valence-electron chi connectivity index (χ4n) is 3.07. The largest absolute Gasteiger partial charge is 0.478 e. The quantitative estimate of drug-likeness (QED) is 0.131. The standard InChI is InChI=1S/2C12H20N2O2.6C3H8O.2Ti/c2*1-10(2,3)8-7-13-12(14-8,9(15)16)11(4,5)6;6*1-3(2)4;;/h2*7H,1-6H3,(H,15,16);6*3-4H,1-2H3;;. The summed E-state index contributed by atoms with van der Waals surface area (Å²) in [5.41, 5.74) is -2.68. The van der Waals surface area contributed by atoms with Gasteiger partial charge in [-0.25, -0.2) is 29.6 Å². The average molecular weight is 905 g/mol. The molecule has 14 nitrogen and oxygen atoms in total. The molecule has 0 aromatic heterocycles. The van der Waals surface area contributed by atoms with E-state index in [0.717, 1.165) is 11.4 Å². The Bertz CT molecular complexity index is 1060. The Morgan fingerprint density at radius 2 is 0.569 bits per heavy atom. The minimum atomic E-state index is -1.37. The van der Waals surface area contributed by atoms with Crippen molar-refractivity contribution in [3.8, 4) is 0 Å². The zero-order valence-electron chi connectivity index (χ0n) is 40.8. The molecule has 0 aromatic rings. The minimum absolute atomic E-state index is 0. The molecule has 8 N–H and O–H groups in total. The number of aliphatic imine (C=N–C) groups is 4. The van der Waals surface area contributed by atoms with Crippen LogP contribution in [0, 0.1) is 21.7 Å². The topological polar surface area (TPSA) is 245 Å². The van der Waals surface area contributed by atoms with Gasteiger partial charge in [-0.05, 0) is 83.1 Å². The average Bonchev–Trinajstić information content (AvgIpc) is 3.54. The van der Waals surface area contributed by atoms with Crippen LogP contribution in [0.5, 0.6) is 0 Å². The fraction of sp³-hybridized carbons (Fsp3) is 0.857. The van der Waals surface area contributed by atoms with Crippen molar-refractivity contribution in [2.24, 2.45) is 41.6 Å². The molecule has 0 fully saturated rings. The van der Waals surface area contributed by atoms with E-state index in [9.17, 15) is 19.8 Å². The van der Waals surface area contributed by atoms with Crippen molar-refractivity contribution < 1.29 is 93.9 Å². The van der Waals surface area contributed by atoms with Crippen LogP contribution in [0.4, 0.5) is 0 Å². The van der Waals surface area contributed by atoms with Crippen molar-refractivity contribution in [1.82, 2.24) is 0 Å². The molecule has 0 aromatic carbocycles. The van der Waals surface area contributed by atoms with E-state index in [4.69, 9.17) is 30.6 Å². The van der Waals surface area contributed by atoms with Crippen LogP contribution in [0.1, 0.15) is 166 Å². The van der Waals surface area contributed by atoms with Crippen molar-refractivity contribution in [3.63, 3.8) is 0 Å². The summed E-state index contributed by atoms with van der Waals surface area (Å²) in [5, 5.41) is 67.1. The maximum absolute atomic E-state index is 11.4. The summed E-state index contributed by atoms with van der Waals surface area (Å²) < 4.78 is 0. The Morgan fingerprint density at radius 1 is 0.431 bits per heavy atom. The number of carboxylic acids is 2. The van der Waals surface area contributed by atoms with E-state index in [1.54, 1.807) is 95.5 Å². The van der Waals surface area contributed by atoms with Crippen LogP contribution in [0.25, 0.3) is 0 Å². The Morgan fingerprint density at radius 3 is 0.621 bits per heavy atom. The molecule has 0 aliphatic carbocycles. The number of hydrogen-bond donors (Lipinski definition) is 8. The normalized spacial score (nSPS) is 17.9. The van der Waals surface area contributed by atoms with Gasteiger partial charge in [0.1, 0.15) is 0 Å². The third-order valence-electron chi connectivity index (χ3n) is 5.54. The van der Waals surface area contributed by atoms with Crippen LogP contribution in [-0.2, 0) is 53.0 Å². The molecule has 16 heteroatoms. The number of carboxylic acid groups (broad SMARTS) is 2. The first-order chi connectivity index (χ1) is 24.4. The molecule has 0 saturated heterocycles. The van der Waals surface area contributed by atoms with Crippen molar-refractivity contribution in [3.05, 3.63) is 0 Å². The molecule has 0 bridgehead atoms. The van der Waals surface area contributed by atoms with E-state index >= 15 is 0 Å². The zero-order chi connectivity index (χ0) is 47.0. The summed E-state index contributed by atoms with van der Waals surface area (Å²) in [6.07, 6.45) is 2.19. The summed E-state index contributed by atoms with van der Waals surface area (Å²) in [7, 11) is 0. The van der Waals surface area contributed by atoms with Gasteiger partial charge in [-0.1, -0.05) is 83.1 Å². The molecular weight excluding hydrogens is 816 g/mol. The number of aliphatic hydroxyl groups is 6. The molecule has 0 radical (unpaired) electrons. The van der Waals surface area contributed by atoms with Crippen LogP contribution >= 0.6 is 0 Å². The summed E-state index contributed by atoms with van der Waals surface area (Å²) in [5.74, 6) is -1.98. The molecule has 58 heavy (non-hydrogen) atoms. The first kappa shape index (κ1) is 74.3. The molecule has 344 valence electrons. The van der Waals surface area contributed by atoms with Crippen molar-refractivity contribution in [2.45, 2.75) is 214 Å². The monoisotopic (exact) mass is 905 g/mol. The summed E-state index contributed by atoms with van der Waals surface area (Å²) >= 11 is 0. The maximum atomic E-state index is 11.4. The SMILES string of the molecule is CC(C)(C)C1=NC(C(=O)O)(C(C)(C)C)N=C1.CC(C)(C)C1=NC(C(=O)O)(C(C)(C)C)N=C1.CC(C)O.CC(C)O.CC(C)O.CC(C)O.CC(C)O.CC(C)O.[Ti].[Ti]. The van der Waals surface area contributed by atoms with E-state index in [1.165, 1.54) is 0 Å². The molecule has 0 spiro atoms. The summed E-state index contributed by atoms with van der Waals surface area (Å²) in [6, 6.07) is 0. The number of carbonyl (C=O) groups is 2. The zero-order valence-corrected chi connectivity index (χ0v) is 43.9. The predicted molar refractivity (Wildman–Crippen MR) is 235 cm³/mol. The fourth-order valence-corrected chi connectivity index (χ4v) is 3.07. The molecule has 2 aliphatic rings. The van der Waals surface area contributed by atoms with E-state index in [1.807, 2.05) is 83.1 Å². The van der Waals surface area contributed by atoms with Crippen molar-refractivity contribution in [1.29, 1.82) is 0 Å². The van der Waals surface area contributed by atoms with Gasteiger partial charge in [-0.15, -0.1) is 0 Å². The van der Waals surface area contributed by atoms with Gasteiger partial charge >= 0.3 is 11.9 Å². The number of aliphatic hydroxyl groups excluding tert-OH is 6. The summed E-state index contributed by atoms with van der Waals surface area (Å²) in [4.78, 5) is 39.9. The predicted octanol–water partition coefficient (Wildman–Crippen LogP) is 7.09. The van der Waals surface area contributed by atoms with E-state index in [-0.39, 0.29) is 90.9 Å². The van der Waals surface area contributed by atoms with Gasteiger partial charge in [0.25, 0.3) is 11.3 Å². The summed E-state index contributed by atoms with van der Waals surface area (Å²) in [6.45, 7) is 43.7. The van der Waals surface area contributed by atoms with Crippen molar-refractivity contribution in [2.75, 3.05) is 0 Å². The molecule has 2 heterocycles. The smallest absolute Gasteiger partial charge is 0.354 e. The number of rotatable bonds is 2. The van der Waals surface area contributed by atoms with Gasteiger partial charge < -0.3 is 40.9 Å². The number of nitrogens with zero attached hydrogens (tertiary/aromatic N) is 4. The molecule has 2 rings (SSSR count). The molecule has 0 saturated carbocycles. The van der Waals surface area contributed by atoms with Gasteiger partial charge in [0.2, 0.25) is 0 Å². The molecule has 2 aliphatic heterocycles. The van der Waals surface area contributed by atoms with Gasteiger partial charge in [0.15, 0.2) is 0 Å². The van der Waals surface area contributed by atoms with E-state index in [0.29, 0.717) is 0 Å². The van der Waals surface area contributed by atoms with Crippen molar-refractivity contribution >= 4 is 35.8 Å². The second kappa shape index (κ2) is 33.4.